The molecule has 1 fully saturated rings. The number of carbonyl (C=O) groups excluding carboxylic acids is 2. The highest BCUT2D eigenvalue weighted by atomic mass is 16.6. The first-order valence-electron chi connectivity index (χ1n) is 9.58. The lowest BCUT2D eigenvalue weighted by Crippen LogP contribution is -2.29. The van der Waals surface area contributed by atoms with Crippen LogP contribution >= 0.6 is 0 Å². The second-order valence-corrected chi connectivity index (χ2v) is 7.08. The van der Waals surface area contributed by atoms with Crippen LogP contribution in [0.3, 0.4) is 0 Å². The van der Waals surface area contributed by atoms with E-state index >= 15 is 0 Å². The van der Waals surface area contributed by atoms with Crippen LogP contribution in [-0.2, 0) is 11.3 Å². The van der Waals surface area contributed by atoms with E-state index in [9.17, 15) is 19.7 Å². The standard InChI is InChI=1S/C21H24N4O4/c1-15-4-9-18(25(28)29)12-19(15)22-14-20(26)23-13-16-5-7-17(8-6-16)21(27)24-10-2-3-11-24/h4-9,12,22H,2-3,10-11,13-14H2,1H3,(H,23,26). The van der Waals surface area contributed by atoms with E-state index in [1.165, 1.54) is 12.1 Å². The van der Waals surface area contributed by atoms with Gasteiger partial charge in [-0.05, 0) is 43.0 Å². The summed E-state index contributed by atoms with van der Waals surface area (Å²) < 4.78 is 0. The molecule has 0 bridgehead atoms. The van der Waals surface area contributed by atoms with Gasteiger partial charge in [0.15, 0.2) is 0 Å². The van der Waals surface area contributed by atoms with Gasteiger partial charge in [-0.1, -0.05) is 18.2 Å². The largest absolute Gasteiger partial charge is 0.376 e. The number of carbonyl (C=O) groups is 2. The molecule has 0 atom stereocenters. The van der Waals surface area contributed by atoms with Crippen molar-refractivity contribution in [2.75, 3.05) is 25.0 Å². The van der Waals surface area contributed by atoms with E-state index < -0.39 is 4.92 Å². The third-order valence-electron chi connectivity index (χ3n) is 4.96. The molecule has 2 aromatic rings. The number of anilines is 1. The minimum atomic E-state index is -0.469. The summed E-state index contributed by atoms with van der Waals surface area (Å²) >= 11 is 0. The Balaban J connectivity index is 1.49. The molecule has 0 radical (unpaired) electrons. The molecule has 29 heavy (non-hydrogen) atoms. The van der Waals surface area contributed by atoms with Crippen LogP contribution in [-0.4, -0.2) is 41.3 Å². The lowest BCUT2D eigenvalue weighted by atomic mass is 10.1. The molecule has 8 nitrogen and oxygen atoms in total. The van der Waals surface area contributed by atoms with Crippen molar-refractivity contribution in [2.24, 2.45) is 0 Å². The van der Waals surface area contributed by atoms with Crippen molar-refractivity contribution in [3.8, 4) is 0 Å². The zero-order valence-electron chi connectivity index (χ0n) is 16.3. The molecule has 2 amide bonds. The van der Waals surface area contributed by atoms with Crippen molar-refractivity contribution in [3.05, 3.63) is 69.3 Å². The zero-order valence-corrected chi connectivity index (χ0v) is 16.3. The Morgan fingerprint density at radius 2 is 1.79 bits per heavy atom. The molecule has 1 aliphatic heterocycles. The molecule has 1 saturated heterocycles. The van der Waals surface area contributed by atoms with Gasteiger partial charge in [0.1, 0.15) is 0 Å². The monoisotopic (exact) mass is 396 g/mol. The summed E-state index contributed by atoms with van der Waals surface area (Å²) in [4.78, 5) is 36.7. The highest BCUT2D eigenvalue weighted by Crippen LogP contribution is 2.21. The molecule has 0 saturated carbocycles. The van der Waals surface area contributed by atoms with Crippen LogP contribution in [0.4, 0.5) is 11.4 Å². The van der Waals surface area contributed by atoms with Gasteiger partial charge in [-0.15, -0.1) is 0 Å². The maximum atomic E-state index is 12.3. The summed E-state index contributed by atoms with van der Waals surface area (Å²) in [6.07, 6.45) is 2.11. The molecule has 1 heterocycles. The summed E-state index contributed by atoms with van der Waals surface area (Å²) in [5, 5.41) is 16.6. The highest BCUT2D eigenvalue weighted by Gasteiger charge is 2.19. The molecule has 0 spiro atoms. The third kappa shape index (κ3) is 5.31. The molecular weight excluding hydrogens is 372 g/mol. The van der Waals surface area contributed by atoms with Gasteiger partial charge < -0.3 is 15.5 Å². The average molecular weight is 396 g/mol. The van der Waals surface area contributed by atoms with Crippen LogP contribution in [0.15, 0.2) is 42.5 Å². The first-order valence-corrected chi connectivity index (χ1v) is 9.58. The Morgan fingerprint density at radius 3 is 2.45 bits per heavy atom. The van der Waals surface area contributed by atoms with E-state index in [1.54, 1.807) is 18.2 Å². The first kappa shape index (κ1) is 20.3. The minimum absolute atomic E-state index is 0.00748. The van der Waals surface area contributed by atoms with Crippen LogP contribution in [0, 0.1) is 17.0 Å². The van der Waals surface area contributed by atoms with Crippen molar-refractivity contribution in [1.29, 1.82) is 0 Å². The van der Waals surface area contributed by atoms with E-state index in [2.05, 4.69) is 10.6 Å². The van der Waals surface area contributed by atoms with Gasteiger partial charge >= 0.3 is 0 Å². The van der Waals surface area contributed by atoms with Crippen molar-refractivity contribution in [1.82, 2.24) is 10.2 Å². The van der Waals surface area contributed by atoms with E-state index in [1.807, 2.05) is 24.0 Å². The number of nitrogens with one attached hydrogen (secondary N) is 2. The predicted octanol–water partition coefficient (Wildman–Crippen LogP) is 2.87. The average Bonchev–Trinajstić information content (AvgIpc) is 3.26. The Hall–Kier alpha value is -3.42. The molecule has 0 aromatic heterocycles. The van der Waals surface area contributed by atoms with E-state index in [-0.39, 0.29) is 24.0 Å². The number of likely N-dealkylation sites (tertiary alicyclic amines) is 1. The number of nitro benzene ring substituents is 1. The van der Waals surface area contributed by atoms with Gasteiger partial charge in [0.05, 0.1) is 11.5 Å². The number of rotatable bonds is 7. The zero-order chi connectivity index (χ0) is 20.8. The maximum absolute atomic E-state index is 12.3. The number of hydrogen-bond acceptors (Lipinski definition) is 5. The molecule has 0 aliphatic carbocycles. The number of benzene rings is 2. The van der Waals surface area contributed by atoms with Crippen molar-refractivity contribution in [2.45, 2.75) is 26.3 Å². The fraction of sp³-hybridized carbons (Fsp3) is 0.333. The lowest BCUT2D eigenvalue weighted by molar-refractivity contribution is -0.384. The van der Waals surface area contributed by atoms with Crippen LogP contribution < -0.4 is 10.6 Å². The Kier molecular flexibility index (Phi) is 6.43. The van der Waals surface area contributed by atoms with Crippen LogP contribution in [0.2, 0.25) is 0 Å². The molecule has 3 rings (SSSR count). The molecule has 8 heteroatoms. The van der Waals surface area contributed by atoms with E-state index in [4.69, 9.17) is 0 Å². The summed E-state index contributed by atoms with van der Waals surface area (Å²) in [5.41, 5.74) is 2.90. The van der Waals surface area contributed by atoms with Crippen LogP contribution in [0.5, 0.6) is 0 Å². The molecule has 152 valence electrons. The number of non-ortho nitro benzene ring substituents is 1. The Labute approximate surface area is 169 Å². The maximum Gasteiger partial charge on any atom is 0.271 e. The lowest BCUT2D eigenvalue weighted by Gasteiger charge is -2.15. The van der Waals surface area contributed by atoms with Crippen LogP contribution in [0.1, 0.15) is 34.3 Å². The highest BCUT2D eigenvalue weighted by molar-refractivity contribution is 5.94. The van der Waals surface area contributed by atoms with E-state index in [0.29, 0.717) is 17.8 Å². The Bertz CT molecular complexity index is 905. The van der Waals surface area contributed by atoms with Crippen molar-refractivity contribution < 1.29 is 14.5 Å². The molecule has 0 unspecified atom stereocenters. The van der Waals surface area contributed by atoms with Gasteiger partial charge in [0, 0.05) is 43.0 Å². The first-order chi connectivity index (χ1) is 13.9. The minimum Gasteiger partial charge on any atom is -0.376 e. The van der Waals surface area contributed by atoms with Crippen LogP contribution in [0.25, 0.3) is 0 Å². The fourth-order valence-electron chi connectivity index (χ4n) is 3.22. The SMILES string of the molecule is Cc1ccc([N+](=O)[O-])cc1NCC(=O)NCc1ccc(C(=O)N2CCCC2)cc1. The van der Waals surface area contributed by atoms with E-state index in [0.717, 1.165) is 37.1 Å². The number of aryl methyl sites for hydroxylation is 1. The predicted molar refractivity (Wildman–Crippen MR) is 110 cm³/mol. The van der Waals surface area contributed by atoms with Crippen molar-refractivity contribution in [3.63, 3.8) is 0 Å². The second kappa shape index (κ2) is 9.18. The molecule has 1 aliphatic rings. The molecular formula is C21H24N4O4. The summed E-state index contributed by atoms with van der Waals surface area (Å²) in [5.74, 6) is -0.178. The smallest absolute Gasteiger partial charge is 0.271 e. The topological polar surface area (TPSA) is 105 Å². The summed E-state index contributed by atoms with van der Waals surface area (Å²) in [6.45, 7) is 3.79. The van der Waals surface area contributed by atoms with Gasteiger partial charge in [-0.25, -0.2) is 0 Å². The van der Waals surface area contributed by atoms with Gasteiger partial charge in [-0.2, -0.15) is 0 Å². The second-order valence-electron chi connectivity index (χ2n) is 7.08. The number of hydrogen-bond donors (Lipinski definition) is 2. The number of amides is 2. The molecule has 2 aromatic carbocycles. The van der Waals surface area contributed by atoms with Gasteiger partial charge in [0.2, 0.25) is 5.91 Å². The fourth-order valence-corrected chi connectivity index (χ4v) is 3.22. The Morgan fingerprint density at radius 1 is 1.10 bits per heavy atom. The number of nitro groups is 1. The molecule has 2 N–H and O–H groups in total. The quantitative estimate of drug-likeness (QED) is 0.553. The van der Waals surface area contributed by atoms with Gasteiger partial charge in [0.25, 0.3) is 11.6 Å². The number of nitrogens with zero attached hydrogens (tertiary/aromatic N) is 2. The normalized spacial score (nSPS) is 13.2. The summed E-state index contributed by atoms with van der Waals surface area (Å²) in [7, 11) is 0. The van der Waals surface area contributed by atoms with Gasteiger partial charge in [-0.3, -0.25) is 19.7 Å². The summed E-state index contributed by atoms with van der Waals surface area (Å²) in [6, 6.07) is 11.7. The van der Waals surface area contributed by atoms with Crippen molar-refractivity contribution >= 4 is 23.2 Å². The third-order valence-corrected chi connectivity index (χ3v) is 4.96.